The zero-order valence-corrected chi connectivity index (χ0v) is 19.6. The summed E-state index contributed by atoms with van der Waals surface area (Å²) in [4.78, 5) is 19.4. The Morgan fingerprint density at radius 3 is 1.74 bits per heavy atom. The summed E-state index contributed by atoms with van der Waals surface area (Å²) in [6.07, 6.45) is 18.0. The van der Waals surface area contributed by atoms with Crippen LogP contribution in [0.4, 0.5) is 11.4 Å². The highest BCUT2D eigenvalue weighted by Crippen LogP contribution is 2.26. The number of nitrogens with two attached hydrogens (primary N) is 2. The first-order valence-corrected chi connectivity index (χ1v) is 11.5. The van der Waals surface area contributed by atoms with Crippen LogP contribution in [0.5, 0.6) is 0 Å². The number of anilines is 2. The lowest BCUT2D eigenvalue weighted by Gasteiger charge is -2.40. The smallest absolute Gasteiger partial charge is 0.213 e. The highest BCUT2D eigenvalue weighted by atomic mass is 15.4. The first-order chi connectivity index (χ1) is 16.6. The van der Waals surface area contributed by atoms with Crippen LogP contribution in [0.25, 0.3) is 0 Å². The Kier molecular flexibility index (Phi) is 11.4. The summed E-state index contributed by atoms with van der Waals surface area (Å²) in [5.41, 5.74) is 13.8. The van der Waals surface area contributed by atoms with Gasteiger partial charge < -0.3 is 11.5 Å². The zero-order valence-electron chi connectivity index (χ0n) is 19.6. The number of unbranched alkanes of at least 4 members (excludes halogenated alkanes) is 6. The molecule has 178 valence electrons. The maximum Gasteiger partial charge on any atom is 0.213 e. The largest absolute Gasteiger partial charge is 0.369 e. The molecule has 0 bridgehead atoms. The predicted molar refractivity (Wildman–Crippen MR) is 134 cm³/mol. The Morgan fingerprint density at radius 2 is 1.32 bits per heavy atom. The van der Waals surface area contributed by atoms with Gasteiger partial charge in [-0.2, -0.15) is 10.5 Å². The van der Waals surface area contributed by atoms with E-state index in [1.165, 1.54) is 25.7 Å². The maximum atomic E-state index is 9.21. The molecule has 2 heterocycles. The number of nitriles is 2. The standard InChI is InChI=1S/C24H32N10/c1-2-3-4-5-6-7-8-13-22(33(23(27)31-18-25)20-11-9-14-29-16-20)34(24(28)32-19-26)21-12-10-15-30-17-21/h9-12,14-17,22H,2-8,13H2,1H3,(H2,27,31)(H2,28,32). The molecule has 0 unspecified atom stereocenters. The number of aliphatic imine (C=N–C) groups is 2. The Balaban J connectivity index is 2.47. The number of guanidine groups is 2. The summed E-state index contributed by atoms with van der Waals surface area (Å²) < 4.78 is 0. The van der Waals surface area contributed by atoms with Gasteiger partial charge in [-0.15, -0.1) is 9.98 Å². The first kappa shape index (κ1) is 26.1. The molecule has 0 saturated heterocycles. The van der Waals surface area contributed by atoms with Crippen molar-refractivity contribution in [2.24, 2.45) is 21.5 Å². The Bertz CT molecular complexity index is 918. The molecule has 0 aromatic carbocycles. The fourth-order valence-corrected chi connectivity index (χ4v) is 3.77. The molecule has 0 aliphatic heterocycles. The summed E-state index contributed by atoms with van der Waals surface area (Å²) in [5, 5.41) is 18.4. The molecule has 10 nitrogen and oxygen atoms in total. The molecule has 10 heteroatoms. The average Bonchev–Trinajstić information content (AvgIpc) is 2.85. The van der Waals surface area contributed by atoms with E-state index in [4.69, 9.17) is 11.5 Å². The van der Waals surface area contributed by atoms with Crippen molar-refractivity contribution in [2.75, 3.05) is 9.80 Å². The monoisotopic (exact) mass is 460 g/mol. The fraction of sp³-hybridized carbons (Fsp3) is 0.417. The summed E-state index contributed by atoms with van der Waals surface area (Å²) >= 11 is 0. The molecule has 2 rings (SSSR count). The van der Waals surface area contributed by atoms with Crippen LogP contribution in [0.1, 0.15) is 58.3 Å². The number of nitrogens with zero attached hydrogens (tertiary/aromatic N) is 8. The van der Waals surface area contributed by atoms with Crippen molar-refractivity contribution in [1.29, 1.82) is 10.5 Å². The van der Waals surface area contributed by atoms with E-state index < -0.39 is 6.17 Å². The Morgan fingerprint density at radius 1 is 0.853 bits per heavy atom. The highest BCUT2D eigenvalue weighted by molar-refractivity contribution is 6.01. The predicted octanol–water partition coefficient (Wildman–Crippen LogP) is 3.85. The van der Waals surface area contributed by atoms with E-state index in [1.807, 2.05) is 12.1 Å². The lowest BCUT2D eigenvalue weighted by molar-refractivity contribution is 0.532. The summed E-state index contributed by atoms with van der Waals surface area (Å²) in [5.74, 6) is -0.0239. The van der Waals surface area contributed by atoms with Gasteiger partial charge in [-0.1, -0.05) is 45.4 Å². The molecule has 0 amide bonds. The minimum Gasteiger partial charge on any atom is -0.369 e. The third-order valence-corrected chi connectivity index (χ3v) is 5.33. The Hall–Kier alpha value is -4.18. The van der Waals surface area contributed by atoms with Gasteiger partial charge in [0.15, 0.2) is 0 Å². The van der Waals surface area contributed by atoms with Crippen molar-refractivity contribution in [2.45, 2.75) is 64.5 Å². The van der Waals surface area contributed by atoms with E-state index in [2.05, 4.69) is 26.9 Å². The van der Waals surface area contributed by atoms with Gasteiger partial charge >= 0.3 is 0 Å². The van der Waals surface area contributed by atoms with Gasteiger partial charge in [0.05, 0.1) is 23.8 Å². The molecule has 2 aromatic heterocycles. The lowest BCUT2D eigenvalue weighted by atomic mass is 10.1. The quantitative estimate of drug-likeness (QED) is 0.159. The summed E-state index contributed by atoms with van der Waals surface area (Å²) in [7, 11) is 0. The molecular weight excluding hydrogens is 428 g/mol. The zero-order chi connectivity index (χ0) is 24.6. The molecule has 0 atom stereocenters. The number of pyridine rings is 2. The van der Waals surface area contributed by atoms with Gasteiger partial charge in [-0.3, -0.25) is 19.8 Å². The van der Waals surface area contributed by atoms with Gasteiger partial charge in [0.1, 0.15) is 6.17 Å². The highest BCUT2D eigenvalue weighted by Gasteiger charge is 2.31. The van der Waals surface area contributed by atoms with Gasteiger partial charge in [0, 0.05) is 12.4 Å². The van der Waals surface area contributed by atoms with Crippen LogP contribution in [0.15, 0.2) is 59.0 Å². The van der Waals surface area contributed by atoms with Crippen molar-refractivity contribution in [3.63, 3.8) is 0 Å². The van der Waals surface area contributed by atoms with E-state index in [0.29, 0.717) is 17.8 Å². The topological polar surface area (TPSA) is 157 Å². The molecular formula is C24H32N10. The summed E-state index contributed by atoms with van der Waals surface area (Å²) in [6.45, 7) is 2.20. The van der Waals surface area contributed by atoms with Crippen molar-refractivity contribution < 1.29 is 0 Å². The van der Waals surface area contributed by atoms with Crippen molar-refractivity contribution in [1.82, 2.24) is 9.97 Å². The number of hydrogen-bond donors (Lipinski definition) is 2. The SMILES string of the molecule is CCCCCCCCCC(N(C(N)=NC#N)c1cccnc1)N(C(N)=NC#N)c1cccnc1. The van der Waals surface area contributed by atoms with E-state index in [0.717, 1.165) is 19.3 Å². The van der Waals surface area contributed by atoms with Crippen LogP contribution in [0, 0.1) is 22.9 Å². The first-order valence-electron chi connectivity index (χ1n) is 11.5. The molecule has 4 N–H and O–H groups in total. The van der Waals surface area contributed by atoms with Crippen LogP contribution in [-0.2, 0) is 0 Å². The molecule has 0 spiro atoms. The molecule has 0 fully saturated rings. The normalized spacial score (nSPS) is 12.4. The molecule has 0 radical (unpaired) electrons. The Labute approximate surface area is 201 Å². The van der Waals surface area contributed by atoms with Crippen molar-refractivity contribution >= 4 is 23.3 Å². The minimum absolute atomic E-state index is 0.0120. The molecule has 0 saturated carbocycles. The van der Waals surface area contributed by atoms with Gasteiger partial charge in [-0.25, -0.2) is 0 Å². The molecule has 0 aliphatic carbocycles. The van der Waals surface area contributed by atoms with Crippen LogP contribution in [0.3, 0.4) is 0 Å². The lowest BCUT2D eigenvalue weighted by Crippen LogP contribution is -2.57. The van der Waals surface area contributed by atoms with Crippen LogP contribution in [-0.4, -0.2) is 28.1 Å². The van der Waals surface area contributed by atoms with Crippen molar-refractivity contribution in [3.05, 3.63) is 49.1 Å². The number of rotatable bonds is 12. The van der Waals surface area contributed by atoms with E-state index in [-0.39, 0.29) is 11.9 Å². The molecule has 2 aromatic rings. The van der Waals surface area contributed by atoms with Crippen LogP contribution >= 0.6 is 0 Å². The average molecular weight is 461 g/mol. The van der Waals surface area contributed by atoms with Gasteiger partial charge in [0.2, 0.25) is 24.3 Å². The summed E-state index contributed by atoms with van der Waals surface area (Å²) in [6, 6.07) is 7.19. The molecule has 0 aliphatic rings. The van der Waals surface area contributed by atoms with Gasteiger partial charge in [0.25, 0.3) is 0 Å². The minimum atomic E-state index is -0.529. The van der Waals surface area contributed by atoms with E-state index in [9.17, 15) is 10.5 Å². The second-order valence-electron chi connectivity index (χ2n) is 7.69. The maximum absolute atomic E-state index is 9.21. The third-order valence-electron chi connectivity index (χ3n) is 5.33. The fourth-order valence-electron chi connectivity index (χ4n) is 3.77. The number of aromatic nitrogens is 2. The second-order valence-corrected chi connectivity index (χ2v) is 7.69. The van der Waals surface area contributed by atoms with E-state index >= 15 is 0 Å². The molecule has 34 heavy (non-hydrogen) atoms. The van der Waals surface area contributed by atoms with Crippen LogP contribution in [0.2, 0.25) is 0 Å². The van der Waals surface area contributed by atoms with E-state index in [1.54, 1.807) is 59.1 Å². The second kappa shape index (κ2) is 14.8. The van der Waals surface area contributed by atoms with Crippen molar-refractivity contribution in [3.8, 4) is 12.4 Å². The third kappa shape index (κ3) is 7.75. The number of hydrogen-bond acceptors (Lipinski definition) is 6. The van der Waals surface area contributed by atoms with Crippen LogP contribution < -0.4 is 21.3 Å². The van der Waals surface area contributed by atoms with Gasteiger partial charge in [-0.05, 0) is 37.1 Å².